The van der Waals surface area contributed by atoms with Crippen LogP contribution in [0, 0.1) is 22.9 Å². The molecule has 0 saturated heterocycles. The number of hydrogen-bond donors (Lipinski definition) is 3. The summed E-state index contributed by atoms with van der Waals surface area (Å²) in [4.78, 5) is 14.0. The summed E-state index contributed by atoms with van der Waals surface area (Å²) in [6.07, 6.45) is 0. The molecule has 11 heteroatoms. The largest absolute Gasteiger partial charge is 0.355 e. The molecule has 156 valence electrons. The maximum Gasteiger partial charge on any atom is 0.270 e. The molecule has 0 saturated carbocycles. The third-order valence-corrected chi connectivity index (χ3v) is 5.41. The van der Waals surface area contributed by atoms with Gasteiger partial charge in [-0.15, -0.1) is 0 Å². The Morgan fingerprint density at radius 2 is 1.93 bits per heavy atom. The number of rotatable bonds is 8. The van der Waals surface area contributed by atoms with Gasteiger partial charge in [-0.2, -0.15) is 0 Å². The number of non-ortho nitro benzene ring substituents is 1. The normalized spacial score (nSPS) is 11.9. The van der Waals surface area contributed by atoms with Crippen LogP contribution in [0.3, 0.4) is 0 Å². The maximum absolute atomic E-state index is 13.3. The van der Waals surface area contributed by atoms with Crippen LogP contribution in [-0.4, -0.2) is 39.4 Å². The van der Waals surface area contributed by atoms with Crippen molar-refractivity contribution < 1.29 is 17.7 Å². The zero-order chi connectivity index (χ0) is 21.4. The molecule has 0 fully saturated rings. The van der Waals surface area contributed by atoms with Crippen molar-refractivity contribution in [3.8, 4) is 0 Å². The van der Waals surface area contributed by atoms with E-state index in [0.717, 1.165) is 11.6 Å². The molecule has 0 aliphatic carbocycles. The summed E-state index contributed by atoms with van der Waals surface area (Å²) in [7, 11) is -2.31. The highest BCUT2D eigenvalue weighted by Gasteiger charge is 2.17. The fourth-order valence-corrected chi connectivity index (χ4v) is 3.51. The SMILES string of the molecule is CN=C(NCCNS(=O)(=O)c1cccc([N+](=O)[O-])c1)NCc1ccc(F)c(C)c1. The lowest BCUT2D eigenvalue weighted by Crippen LogP contribution is -2.41. The number of nitro groups is 1. The van der Waals surface area contributed by atoms with Crippen LogP contribution in [0.2, 0.25) is 0 Å². The highest BCUT2D eigenvalue weighted by Crippen LogP contribution is 2.16. The van der Waals surface area contributed by atoms with Crippen molar-refractivity contribution in [2.24, 2.45) is 4.99 Å². The Balaban J connectivity index is 1.84. The highest BCUT2D eigenvalue weighted by molar-refractivity contribution is 7.89. The number of benzene rings is 2. The van der Waals surface area contributed by atoms with Crippen LogP contribution in [0.25, 0.3) is 0 Å². The molecule has 0 atom stereocenters. The van der Waals surface area contributed by atoms with E-state index < -0.39 is 14.9 Å². The quantitative estimate of drug-likeness (QED) is 0.195. The molecule has 29 heavy (non-hydrogen) atoms. The van der Waals surface area contributed by atoms with Crippen LogP contribution >= 0.6 is 0 Å². The smallest absolute Gasteiger partial charge is 0.270 e. The average molecular weight is 423 g/mol. The third kappa shape index (κ3) is 6.50. The fourth-order valence-electron chi connectivity index (χ4n) is 2.44. The number of nitro benzene ring substituents is 1. The molecule has 9 nitrogen and oxygen atoms in total. The summed E-state index contributed by atoms with van der Waals surface area (Å²) in [5.41, 5.74) is 1.12. The van der Waals surface area contributed by atoms with E-state index in [1.807, 2.05) is 0 Å². The molecule has 3 N–H and O–H groups in total. The van der Waals surface area contributed by atoms with Gasteiger partial charge in [0.1, 0.15) is 5.82 Å². The topological polar surface area (TPSA) is 126 Å². The summed E-state index contributed by atoms with van der Waals surface area (Å²) < 4.78 is 40.2. The Bertz CT molecular complexity index is 1010. The Morgan fingerprint density at radius 3 is 2.59 bits per heavy atom. The Labute approximate surface area is 168 Å². The summed E-state index contributed by atoms with van der Waals surface area (Å²) in [6, 6.07) is 9.60. The Morgan fingerprint density at radius 1 is 1.17 bits per heavy atom. The van der Waals surface area contributed by atoms with Gasteiger partial charge in [-0.3, -0.25) is 15.1 Å². The van der Waals surface area contributed by atoms with E-state index in [1.165, 1.54) is 24.3 Å². The van der Waals surface area contributed by atoms with Crippen molar-refractivity contribution in [2.45, 2.75) is 18.4 Å². The molecule has 0 radical (unpaired) electrons. The number of guanidine groups is 1. The molecule has 0 aliphatic rings. The van der Waals surface area contributed by atoms with Gasteiger partial charge >= 0.3 is 0 Å². The van der Waals surface area contributed by atoms with Gasteiger partial charge in [0.15, 0.2) is 5.96 Å². The lowest BCUT2D eigenvalue weighted by atomic mass is 10.1. The predicted octanol–water partition coefficient (Wildman–Crippen LogP) is 1.69. The number of nitrogens with one attached hydrogen (secondary N) is 3. The van der Waals surface area contributed by atoms with E-state index in [2.05, 4.69) is 20.3 Å². The molecule has 0 amide bonds. The van der Waals surface area contributed by atoms with Crippen molar-refractivity contribution >= 4 is 21.7 Å². The first-order valence-corrected chi connectivity index (χ1v) is 10.1. The number of nitrogens with zero attached hydrogens (tertiary/aromatic N) is 2. The van der Waals surface area contributed by atoms with E-state index in [-0.39, 0.29) is 29.5 Å². The minimum Gasteiger partial charge on any atom is -0.355 e. The summed E-state index contributed by atoms with van der Waals surface area (Å²) in [6.45, 7) is 2.37. The molecule has 0 spiro atoms. The van der Waals surface area contributed by atoms with Crippen LogP contribution in [0.1, 0.15) is 11.1 Å². The van der Waals surface area contributed by atoms with Crippen molar-refractivity contribution in [3.05, 3.63) is 69.5 Å². The molecule has 0 aromatic heterocycles. The minimum atomic E-state index is -3.88. The van der Waals surface area contributed by atoms with Gasteiger partial charge in [-0.25, -0.2) is 17.5 Å². The fraction of sp³-hybridized carbons (Fsp3) is 0.278. The van der Waals surface area contributed by atoms with E-state index >= 15 is 0 Å². The first-order chi connectivity index (χ1) is 13.7. The minimum absolute atomic E-state index is 0.0430. The zero-order valence-corrected chi connectivity index (χ0v) is 16.8. The van der Waals surface area contributed by atoms with Gasteiger partial charge < -0.3 is 10.6 Å². The van der Waals surface area contributed by atoms with Gasteiger partial charge in [-0.1, -0.05) is 18.2 Å². The Hall–Kier alpha value is -3.05. The second-order valence-corrected chi connectivity index (χ2v) is 7.86. The monoisotopic (exact) mass is 423 g/mol. The van der Waals surface area contributed by atoms with Crippen LogP contribution in [0.4, 0.5) is 10.1 Å². The number of aliphatic imine (C=N–C) groups is 1. The number of halogens is 1. The molecule has 2 rings (SSSR count). The van der Waals surface area contributed by atoms with Gasteiger partial charge in [0.2, 0.25) is 10.0 Å². The average Bonchev–Trinajstić information content (AvgIpc) is 2.70. The first kappa shape index (κ1) is 22.2. The van der Waals surface area contributed by atoms with Gasteiger partial charge in [0.05, 0.1) is 9.82 Å². The van der Waals surface area contributed by atoms with Crippen LogP contribution in [-0.2, 0) is 16.6 Å². The molecular formula is C18H22FN5O4S. The first-order valence-electron chi connectivity index (χ1n) is 8.66. The second-order valence-electron chi connectivity index (χ2n) is 6.09. The second kappa shape index (κ2) is 9.94. The molecule has 2 aromatic carbocycles. The maximum atomic E-state index is 13.3. The van der Waals surface area contributed by atoms with Gasteiger partial charge in [-0.05, 0) is 30.2 Å². The number of sulfonamides is 1. The van der Waals surface area contributed by atoms with E-state index in [0.29, 0.717) is 18.1 Å². The van der Waals surface area contributed by atoms with E-state index in [1.54, 1.807) is 26.1 Å². The van der Waals surface area contributed by atoms with Gasteiger partial charge in [0.25, 0.3) is 5.69 Å². The van der Waals surface area contributed by atoms with Crippen molar-refractivity contribution in [2.75, 3.05) is 20.1 Å². The third-order valence-electron chi connectivity index (χ3n) is 3.95. The van der Waals surface area contributed by atoms with Crippen molar-refractivity contribution in [1.29, 1.82) is 0 Å². The molecule has 0 heterocycles. The molecule has 0 bridgehead atoms. The molecule has 0 unspecified atom stereocenters. The summed E-state index contributed by atoms with van der Waals surface area (Å²) in [5, 5.41) is 16.8. The van der Waals surface area contributed by atoms with Crippen LogP contribution in [0.5, 0.6) is 0 Å². The van der Waals surface area contributed by atoms with E-state index in [4.69, 9.17) is 0 Å². The van der Waals surface area contributed by atoms with E-state index in [9.17, 15) is 22.9 Å². The van der Waals surface area contributed by atoms with Crippen LogP contribution in [0.15, 0.2) is 52.4 Å². The number of aryl methyl sites for hydroxylation is 1. The summed E-state index contributed by atoms with van der Waals surface area (Å²) >= 11 is 0. The molecular weight excluding hydrogens is 401 g/mol. The Kier molecular flexibility index (Phi) is 7.62. The molecule has 2 aromatic rings. The molecule has 0 aliphatic heterocycles. The predicted molar refractivity (Wildman–Crippen MR) is 108 cm³/mol. The standard InChI is InChI=1S/C18H22FN5O4S/c1-13-10-14(6-7-17(13)19)12-22-18(20-2)21-8-9-23-29(27,28)16-5-3-4-15(11-16)24(25)26/h3-7,10-11,23H,8-9,12H2,1-2H3,(H2,20,21,22). The number of hydrogen-bond acceptors (Lipinski definition) is 5. The van der Waals surface area contributed by atoms with Crippen LogP contribution < -0.4 is 15.4 Å². The summed E-state index contributed by atoms with van der Waals surface area (Å²) in [5.74, 6) is 0.175. The zero-order valence-electron chi connectivity index (χ0n) is 16.0. The van der Waals surface area contributed by atoms with Crippen molar-refractivity contribution in [3.63, 3.8) is 0 Å². The van der Waals surface area contributed by atoms with Gasteiger partial charge in [0, 0.05) is 38.8 Å². The lowest BCUT2D eigenvalue weighted by molar-refractivity contribution is -0.385. The van der Waals surface area contributed by atoms with Crippen molar-refractivity contribution in [1.82, 2.24) is 15.4 Å². The lowest BCUT2D eigenvalue weighted by Gasteiger charge is -2.13. The highest BCUT2D eigenvalue weighted by atomic mass is 32.2.